The second-order valence-corrected chi connectivity index (χ2v) is 6.67. The average molecular weight is 336 g/mol. The Labute approximate surface area is 117 Å². The highest BCUT2D eigenvalue weighted by Gasteiger charge is 2.14. The number of halogens is 1. The number of nitrogens with one attached hydrogen (secondary N) is 1. The van der Waals surface area contributed by atoms with Crippen LogP contribution >= 0.6 is 15.9 Å². The second kappa shape index (κ2) is 7.11. The van der Waals surface area contributed by atoms with Crippen LogP contribution in [0.15, 0.2) is 29.2 Å². The van der Waals surface area contributed by atoms with Gasteiger partial charge in [-0.2, -0.15) is 0 Å². The molecule has 0 radical (unpaired) electrons. The minimum atomic E-state index is -3.42. The molecule has 0 amide bonds. The summed E-state index contributed by atoms with van der Waals surface area (Å²) < 4.78 is 31.6. The third-order valence-electron chi connectivity index (χ3n) is 2.59. The fraction of sp³-hybridized carbons (Fsp3) is 0.500. The second-order valence-electron chi connectivity index (χ2n) is 4.11. The van der Waals surface area contributed by atoms with E-state index < -0.39 is 10.0 Å². The lowest BCUT2D eigenvalue weighted by atomic mass is 10.1. The van der Waals surface area contributed by atoms with E-state index in [1.165, 1.54) is 12.1 Å². The number of hydrogen-bond donors (Lipinski definition) is 1. The topological polar surface area (TPSA) is 55.4 Å². The average Bonchev–Trinajstić information content (AvgIpc) is 2.37. The summed E-state index contributed by atoms with van der Waals surface area (Å²) in [5, 5.41) is 0.873. The maximum Gasteiger partial charge on any atom is 0.240 e. The van der Waals surface area contributed by atoms with Crippen LogP contribution in [0.3, 0.4) is 0 Å². The minimum absolute atomic E-state index is 0.259. The molecule has 0 aromatic heterocycles. The Bertz CT molecular complexity index is 459. The molecule has 1 aromatic carbocycles. The molecular weight excluding hydrogens is 318 g/mol. The van der Waals surface area contributed by atoms with Crippen LogP contribution in [0.5, 0.6) is 5.75 Å². The number of sulfonamides is 1. The number of benzene rings is 1. The Hall–Kier alpha value is -0.590. The highest BCUT2D eigenvalue weighted by Crippen LogP contribution is 2.15. The summed E-state index contributed by atoms with van der Waals surface area (Å²) in [5.74, 6) is 0.944. The van der Waals surface area contributed by atoms with Gasteiger partial charge in [0.05, 0.1) is 12.0 Å². The summed E-state index contributed by atoms with van der Waals surface area (Å²) in [4.78, 5) is 0.259. The van der Waals surface area contributed by atoms with Crippen molar-refractivity contribution in [2.45, 2.75) is 18.2 Å². The van der Waals surface area contributed by atoms with E-state index in [1.54, 1.807) is 19.2 Å². The van der Waals surface area contributed by atoms with E-state index in [2.05, 4.69) is 20.7 Å². The summed E-state index contributed by atoms with van der Waals surface area (Å²) in [5.41, 5.74) is 0. The van der Waals surface area contributed by atoms with Gasteiger partial charge in [-0.05, 0) is 36.6 Å². The fourth-order valence-corrected chi connectivity index (χ4v) is 3.33. The molecule has 0 heterocycles. The summed E-state index contributed by atoms with van der Waals surface area (Å²) in [6, 6.07) is 6.35. The number of rotatable bonds is 7. The predicted molar refractivity (Wildman–Crippen MR) is 75.8 cm³/mol. The quantitative estimate of drug-likeness (QED) is 0.778. The first-order chi connectivity index (χ1) is 8.49. The van der Waals surface area contributed by atoms with E-state index in [-0.39, 0.29) is 4.90 Å². The Morgan fingerprint density at radius 3 is 2.44 bits per heavy atom. The molecule has 0 aliphatic heterocycles. The van der Waals surface area contributed by atoms with Gasteiger partial charge >= 0.3 is 0 Å². The molecular formula is C12H18BrNO3S. The van der Waals surface area contributed by atoms with Crippen molar-refractivity contribution in [3.05, 3.63) is 24.3 Å². The molecule has 1 atom stereocenters. The van der Waals surface area contributed by atoms with Crippen molar-refractivity contribution < 1.29 is 13.2 Å². The fourth-order valence-electron chi connectivity index (χ4n) is 1.38. The van der Waals surface area contributed by atoms with Gasteiger partial charge in [0.1, 0.15) is 5.75 Å². The number of methoxy groups -OCH3 is 1. The molecule has 0 saturated heterocycles. The molecule has 1 aromatic rings. The smallest absolute Gasteiger partial charge is 0.240 e. The SMILES string of the molecule is COc1ccc(S(=O)(=O)NCC(C)CCBr)cc1. The Morgan fingerprint density at radius 1 is 1.33 bits per heavy atom. The lowest BCUT2D eigenvalue weighted by Crippen LogP contribution is -2.28. The van der Waals surface area contributed by atoms with E-state index in [9.17, 15) is 8.42 Å². The van der Waals surface area contributed by atoms with Crippen molar-refractivity contribution in [3.8, 4) is 5.75 Å². The molecule has 0 saturated carbocycles. The third-order valence-corrected chi connectivity index (χ3v) is 4.49. The zero-order valence-corrected chi connectivity index (χ0v) is 12.9. The van der Waals surface area contributed by atoms with Crippen LogP contribution < -0.4 is 9.46 Å². The van der Waals surface area contributed by atoms with Crippen molar-refractivity contribution in [3.63, 3.8) is 0 Å². The molecule has 1 unspecified atom stereocenters. The molecule has 102 valence electrons. The molecule has 0 bridgehead atoms. The number of hydrogen-bond acceptors (Lipinski definition) is 3. The van der Waals surface area contributed by atoms with E-state index in [0.29, 0.717) is 18.2 Å². The van der Waals surface area contributed by atoms with Gasteiger partial charge in [0.25, 0.3) is 0 Å². The van der Waals surface area contributed by atoms with Crippen molar-refractivity contribution in [2.75, 3.05) is 19.0 Å². The van der Waals surface area contributed by atoms with Crippen LogP contribution in [0.1, 0.15) is 13.3 Å². The monoisotopic (exact) mass is 335 g/mol. The van der Waals surface area contributed by atoms with Gasteiger partial charge in [-0.25, -0.2) is 13.1 Å². The van der Waals surface area contributed by atoms with Crippen molar-refractivity contribution in [1.29, 1.82) is 0 Å². The number of alkyl halides is 1. The van der Waals surface area contributed by atoms with E-state index in [4.69, 9.17) is 4.74 Å². The summed E-state index contributed by atoms with van der Waals surface area (Å²) in [6.07, 6.45) is 0.936. The van der Waals surface area contributed by atoms with Crippen LogP contribution in [0.4, 0.5) is 0 Å². The maximum absolute atomic E-state index is 12.0. The van der Waals surface area contributed by atoms with Gasteiger partial charge in [-0.3, -0.25) is 0 Å². The molecule has 1 N–H and O–H groups in total. The first kappa shape index (κ1) is 15.5. The zero-order chi connectivity index (χ0) is 13.6. The third kappa shape index (κ3) is 4.59. The number of ether oxygens (including phenoxy) is 1. The van der Waals surface area contributed by atoms with E-state index in [1.807, 2.05) is 6.92 Å². The zero-order valence-electron chi connectivity index (χ0n) is 10.5. The van der Waals surface area contributed by atoms with Gasteiger partial charge in [-0.15, -0.1) is 0 Å². The highest BCUT2D eigenvalue weighted by atomic mass is 79.9. The lowest BCUT2D eigenvalue weighted by molar-refractivity contribution is 0.414. The molecule has 0 spiro atoms. The first-order valence-corrected chi connectivity index (χ1v) is 8.29. The summed E-state index contributed by atoms with van der Waals surface area (Å²) in [7, 11) is -1.87. The lowest BCUT2D eigenvalue weighted by Gasteiger charge is -2.11. The molecule has 0 aliphatic carbocycles. The minimum Gasteiger partial charge on any atom is -0.497 e. The van der Waals surface area contributed by atoms with Crippen molar-refractivity contribution in [2.24, 2.45) is 5.92 Å². The predicted octanol–water partition coefficient (Wildman–Crippen LogP) is 2.39. The van der Waals surface area contributed by atoms with Crippen molar-refractivity contribution >= 4 is 26.0 Å². The van der Waals surface area contributed by atoms with E-state index >= 15 is 0 Å². The van der Waals surface area contributed by atoms with Gasteiger partial charge in [0.2, 0.25) is 10.0 Å². The Balaban J connectivity index is 2.67. The summed E-state index contributed by atoms with van der Waals surface area (Å²) in [6.45, 7) is 2.46. The van der Waals surface area contributed by atoms with Gasteiger partial charge < -0.3 is 4.74 Å². The molecule has 0 fully saturated rings. The van der Waals surface area contributed by atoms with Gasteiger partial charge in [0.15, 0.2) is 0 Å². The van der Waals surface area contributed by atoms with Gasteiger partial charge in [-0.1, -0.05) is 22.9 Å². The molecule has 0 aliphatic rings. The standard InChI is InChI=1S/C12H18BrNO3S/c1-10(7-8-13)9-14-18(15,16)12-5-3-11(17-2)4-6-12/h3-6,10,14H,7-9H2,1-2H3. The maximum atomic E-state index is 12.0. The molecule has 6 heteroatoms. The van der Waals surface area contributed by atoms with Crippen molar-refractivity contribution in [1.82, 2.24) is 4.72 Å². The Morgan fingerprint density at radius 2 is 1.94 bits per heavy atom. The van der Waals surface area contributed by atoms with Crippen LogP contribution in [-0.4, -0.2) is 27.4 Å². The molecule has 4 nitrogen and oxygen atoms in total. The van der Waals surface area contributed by atoms with Crippen LogP contribution in [0, 0.1) is 5.92 Å². The molecule has 1 rings (SSSR count). The van der Waals surface area contributed by atoms with Crippen LogP contribution in [0.2, 0.25) is 0 Å². The largest absolute Gasteiger partial charge is 0.497 e. The molecule has 18 heavy (non-hydrogen) atoms. The summed E-state index contributed by atoms with van der Waals surface area (Å²) >= 11 is 3.34. The first-order valence-electron chi connectivity index (χ1n) is 5.69. The highest BCUT2D eigenvalue weighted by molar-refractivity contribution is 9.09. The van der Waals surface area contributed by atoms with Crippen LogP contribution in [0.25, 0.3) is 0 Å². The van der Waals surface area contributed by atoms with E-state index in [0.717, 1.165) is 11.8 Å². The Kier molecular flexibility index (Phi) is 6.11. The van der Waals surface area contributed by atoms with Crippen LogP contribution in [-0.2, 0) is 10.0 Å². The normalized spacial score (nSPS) is 13.3. The van der Waals surface area contributed by atoms with Gasteiger partial charge in [0, 0.05) is 11.9 Å².